The molecule has 0 aliphatic carbocycles. The molecule has 3 heteroatoms. The summed E-state index contributed by atoms with van der Waals surface area (Å²) in [4.78, 5) is 5.14. The van der Waals surface area contributed by atoms with Crippen LogP contribution in [0.4, 0.5) is 0 Å². The molecule has 0 aromatic rings. The molecule has 0 N–H and O–H groups in total. The maximum Gasteiger partial charge on any atom is 0.0518 e. The molecule has 1 fully saturated rings. The van der Waals surface area contributed by atoms with E-state index in [0.29, 0.717) is 6.10 Å². The fourth-order valence-electron chi connectivity index (χ4n) is 2.26. The van der Waals surface area contributed by atoms with E-state index in [0.717, 1.165) is 6.61 Å². The molecule has 0 aromatic heterocycles. The summed E-state index contributed by atoms with van der Waals surface area (Å²) < 4.78 is 5.54. The molecule has 0 spiro atoms. The van der Waals surface area contributed by atoms with Crippen LogP contribution in [-0.2, 0) is 4.74 Å². The predicted octanol–water partition coefficient (Wildman–Crippen LogP) is 2.22. The Morgan fingerprint density at radius 2 is 1.59 bits per heavy atom. The molecule has 1 heterocycles. The van der Waals surface area contributed by atoms with Crippen LogP contribution in [-0.4, -0.2) is 61.8 Å². The molecule has 0 radical (unpaired) electrons. The second-order valence-electron chi connectivity index (χ2n) is 5.26. The summed E-state index contributed by atoms with van der Waals surface area (Å²) in [5.74, 6) is 0. The van der Waals surface area contributed by atoms with Crippen LogP contribution in [0.3, 0.4) is 0 Å². The van der Waals surface area contributed by atoms with E-state index >= 15 is 0 Å². The number of unbranched alkanes of at least 4 members (excludes halogenated alkanes) is 2. The molecule has 102 valence electrons. The Kier molecular flexibility index (Phi) is 7.82. The van der Waals surface area contributed by atoms with Crippen molar-refractivity contribution >= 4 is 0 Å². The van der Waals surface area contributed by atoms with Crippen molar-refractivity contribution < 1.29 is 4.74 Å². The largest absolute Gasteiger partial charge is 0.379 e. The Labute approximate surface area is 107 Å². The quantitative estimate of drug-likeness (QED) is 0.607. The fourth-order valence-corrected chi connectivity index (χ4v) is 2.26. The smallest absolute Gasteiger partial charge is 0.0518 e. The molecule has 0 unspecified atom stereocenters. The number of rotatable bonds is 8. The number of nitrogens with zero attached hydrogens (tertiary/aromatic N) is 2. The molecule has 0 atom stereocenters. The lowest BCUT2D eigenvalue weighted by Crippen LogP contribution is -2.46. The third-order valence-electron chi connectivity index (χ3n) is 3.48. The van der Waals surface area contributed by atoms with Crippen molar-refractivity contribution in [1.82, 2.24) is 9.80 Å². The normalized spacial score (nSPS) is 19.1. The number of hydrogen-bond acceptors (Lipinski definition) is 3. The van der Waals surface area contributed by atoms with Gasteiger partial charge in [-0.3, -0.25) is 0 Å². The van der Waals surface area contributed by atoms with Crippen LogP contribution in [0.2, 0.25) is 0 Å². The Morgan fingerprint density at radius 3 is 2.18 bits per heavy atom. The molecule has 0 bridgehead atoms. The molecule has 0 aromatic carbocycles. The predicted molar refractivity (Wildman–Crippen MR) is 73.5 cm³/mol. The van der Waals surface area contributed by atoms with E-state index in [9.17, 15) is 0 Å². The van der Waals surface area contributed by atoms with E-state index < -0.39 is 0 Å². The summed E-state index contributed by atoms with van der Waals surface area (Å²) in [6.07, 6.45) is 4.23. The maximum absolute atomic E-state index is 5.54. The lowest BCUT2D eigenvalue weighted by atomic mass is 10.2. The third kappa shape index (κ3) is 7.02. The highest BCUT2D eigenvalue weighted by Gasteiger charge is 2.14. The summed E-state index contributed by atoms with van der Waals surface area (Å²) >= 11 is 0. The number of ether oxygens (including phenoxy) is 1. The minimum atomic E-state index is 0.386. The second-order valence-corrected chi connectivity index (χ2v) is 5.26. The van der Waals surface area contributed by atoms with Gasteiger partial charge in [0.25, 0.3) is 0 Å². The van der Waals surface area contributed by atoms with E-state index in [1.807, 2.05) is 0 Å². The van der Waals surface area contributed by atoms with Crippen molar-refractivity contribution in [2.75, 3.05) is 45.9 Å². The maximum atomic E-state index is 5.54. The molecule has 3 nitrogen and oxygen atoms in total. The number of piperazine rings is 1. The number of likely N-dealkylation sites (N-methyl/N-ethyl adjacent to an activating group) is 1. The van der Waals surface area contributed by atoms with Crippen LogP contribution < -0.4 is 0 Å². The Balaban J connectivity index is 1.90. The van der Waals surface area contributed by atoms with E-state index in [4.69, 9.17) is 4.74 Å². The molecule has 1 rings (SSSR count). The van der Waals surface area contributed by atoms with Crippen molar-refractivity contribution in [3.8, 4) is 0 Å². The van der Waals surface area contributed by atoms with Crippen LogP contribution in [0.15, 0.2) is 0 Å². The molecule has 1 aliphatic rings. The summed E-state index contributed by atoms with van der Waals surface area (Å²) in [5.41, 5.74) is 0. The van der Waals surface area contributed by atoms with Crippen LogP contribution in [0.25, 0.3) is 0 Å². The van der Waals surface area contributed by atoms with Crippen LogP contribution in [0.1, 0.15) is 40.0 Å². The van der Waals surface area contributed by atoms with Crippen molar-refractivity contribution in [2.45, 2.75) is 46.1 Å². The summed E-state index contributed by atoms with van der Waals surface area (Å²) in [6.45, 7) is 14.9. The van der Waals surface area contributed by atoms with E-state index in [-0.39, 0.29) is 0 Å². The lowest BCUT2D eigenvalue weighted by Gasteiger charge is -2.33. The zero-order valence-corrected chi connectivity index (χ0v) is 12.0. The molecule has 1 saturated heterocycles. The van der Waals surface area contributed by atoms with Crippen molar-refractivity contribution in [3.63, 3.8) is 0 Å². The van der Waals surface area contributed by atoms with Gasteiger partial charge in [0.2, 0.25) is 0 Å². The zero-order valence-electron chi connectivity index (χ0n) is 12.0. The van der Waals surface area contributed by atoms with E-state index in [1.54, 1.807) is 0 Å². The topological polar surface area (TPSA) is 15.7 Å². The summed E-state index contributed by atoms with van der Waals surface area (Å²) in [5, 5.41) is 0. The highest BCUT2D eigenvalue weighted by atomic mass is 16.5. The molecule has 17 heavy (non-hydrogen) atoms. The van der Waals surface area contributed by atoms with Gasteiger partial charge in [0.05, 0.1) is 6.10 Å². The first-order valence-electron chi connectivity index (χ1n) is 7.28. The first-order chi connectivity index (χ1) is 8.22. The van der Waals surface area contributed by atoms with Gasteiger partial charge in [-0.1, -0.05) is 6.92 Å². The van der Waals surface area contributed by atoms with Gasteiger partial charge in [-0.25, -0.2) is 0 Å². The van der Waals surface area contributed by atoms with Gasteiger partial charge in [0.1, 0.15) is 0 Å². The summed E-state index contributed by atoms with van der Waals surface area (Å²) in [6, 6.07) is 0. The van der Waals surface area contributed by atoms with Gasteiger partial charge < -0.3 is 14.5 Å². The van der Waals surface area contributed by atoms with Crippen molar-refractivity contribution in [2.24, 2.45) is 0 Å². The SMILES string of the molecule is CCN1CCN(CCCCCOC(C)C)CC1. The molecule has 0 saturated carbocycles. The average Bonchev–Trinajstić information content (AvgIpc) is 2.34. The lowest BCUT2D eigenvalue weighted by molar-refractivity contribution is 0.0746. The van der Waals surface area contributed by atoms with Crippen molar-refractivity contribution in [3.05, 3.63) is 0 Å². The van der Waals surface area contributed by atoms with E-state index in [1.165, 1.54) is 58.5 Å². The van der Waals surface area contributed by atoms with Gasteiger partial charge in [0, 0.05) is 32.8 Å². The second kappa shape index (κ2) is 8.90. The molecular formula is C14H30N2O. The minimum Gasteiger partial charge on any atom is -0.379 e. The highest BCUT2D eigenvalue weighted by Crippen LogP contribution is 2.05. The van der Waals surface area contributed by atoms with Gasteiger partial charge in [-0.2, -0.15) is 0 Å². The van der Waals surface area contributed by atoms with Gasteiger partial charge in [0.15, 0.2) is 0 Å². The zero-order chi connectivity index (χ0) is 12.5. The number of hydrogen-bond donors (Lipinski definition) is 0. The Morgan fingerprint density at radius 1 is 0.941 bits per heavy atom. The van der Waals surface area contributed by atoms with Crippen LogP contribution in [0.5, 0.6) is 0 Å². The average molecular weight is 242 g/mol. The van der Waals surface area contributed by atoms with Gasteiger partial charge in [-0.05, 0) is 46.2 Å². The first kappa shape index (κ1) is 14.9. The Hall–Kier alpha value is -0.120. The fraction of sp³-hybridized carbons (Fsp3) is 1.00. The third-order valence-corrected chi connectivity index (χ3v) is 3.48. The van der Waals surface area contributed by atoms with Gasteiger partial charge in [-0.15, -0.1) is 0 Å². The van der Waals surface area contributed by atoms with E-state index in [2.05, 4.69) is 30.6 Å². The molecule has 1 aliphatic heterocycles. The van der Waals surface area contributed by atoms with Crippen LogP contribution in [0, 0.1) is 0 Å². The standard InChI is InChI=1S/C14H30N2O/c1-4-15-9-11-16(12-10-15)8-6-5-7-13-17-14(2)3/h14H,4-13H2,1-3H3. The monoisotopic (exact) mass is 242 g/mol. The van der Waals surface area contributed by atoms with Gasteiger partial charge >= 0.3 is 0 Å². The molecule has 0 amide bonds. The highest BCUT2D eigenvalue weighted by molar-refractivity contribution is 4.70. The van der Waals surface area contributed by atoms with Crippen molar-refractivity contribution in [1.29, 1.82) is 0 Å². The minimum absolute atomic E-state index is 0.386. The molecular weight excluding hydrogens is 212 g/mol. The first-order valence-corrected chi connectivity index (χ1v) is 7.28. The Bertz CT molecular complexity index is 177. The summed E-state index contributed by atoms with van der Waals surface area (Å²) in [7, 11) is 0. The van der Waals surface area contributed by atoms with Crippen LogP contribution >= 0.6 is 0 Å².